The molecule has 0 aliphatic rings. The number of nitrogen functional groups attached to an aromatic ring is 1. The quantitative estimate of drug-likeness (QED) is 0.842. The number of nitrogens with zero attached hydrogens (tertiary/aromatic N) is 1. The maximum absolute atomic E-state index is 5.82. The van der Waals surface area contributed by atoms with Gasteiger partial charge in [0.2, 0.25) is 0 Å². The van der Waals surface area contributed by atoms with Crippen molar-refractivity contribution in [2.45, 2.75) is 20.0 Å². The van der Waals surface area contributed by atoms with Gasteiger partial charge in [-0.2, -0.15) is 0 Å². The third-order valence-electron chi connectivity index (χ3n) is 3.12. The van der Waals surface area contributed by atoms with Crippen LogP contribution in [0.2, 0.25) is 0 Å². The van der Waals surface area contributed by atoms with E-state index in [-0.39, 0.29) is 0 Å². The Morgan fingerprint density at radius 1 is 1.00 bits per heavy atom. The molecule has 0 saturated carbocycles. The molecule has 0 radical (unpaired) electrons. The Morgan fingerprint density at radius 3 is 2.32 bits per heavy atom. The third-order valence-corrected chi connectivity index (χ3v) is 3.65. The van der Waals surface area contributed by atoms with Crippen LogP contribution in [0.3, 0.4) is 0 Å². The van der Waals surface area contributed by atoms with Crippen molar-refractivity contribution in [3.8, 4) is 0 Å². The maximum Gasteiger partial charge on any atom is 0.0317 e. The normalized spacial score (nSPS) is 10.9. The van der Waals surface area contributed by atoms with Gasteiger partial charge in [-0.25, -0.2) is 0 Å². The maximum atomic E-state index is 5.82. The summed E-state index contributed by atoms with van der Waals surface area (Å²) in [5.41, 5.74) is 9.24. The number of rotatable bonds is 5. The van der Waals surface area contributed by atoms with Crippen LogP contribution in [-0.4, -0.2) is 11.4 Å². The van der Waals surface area contributed by atoms with Crippen molar-refractivity contribution in [1.29, 1.82) is 0 Å². The zero-order valence-electron chi connectivity index (χ0n) is 11.1. The lowest BCUT2D eigenvalue weighted by Crippen LogP contribution is -2.22. The average molecular weight is 319 g/mol. The predicted octanol–water partition coefficient (Wildman–Crippen LogP) is 4.05. The first-order valence-electron chi connectivity index (χ1n) is 6.48. The van der Waals surface area contributed by atoms with Gasteiger partial charge in [-0.3, -0.25) is 4.90 Å². The van der Waals surface area contributed by atoms with Gasteiger partial charge in [0.25, 0.3) is 0 Å². The highest BCUT2D eigenvalue weighted by molar-refractivity contribution is 9.10. The van der Waals surface area contributed by atoms with Gasteiger partial charge in [0.05, 0.1) is 0 Å². The molecule has 0 heterocycles. The Morgan fingerprint density at radius 2 is 1.68 bits per heavy atom. The molecule has 2 rings (SSSR count). The summed E-state index contributed by atoms with van der Waals surface area (Å²) in [6, 6.07) is 16.6. The predicted molar refractivity (Wildman–Crippen MR) is 84.8 cm³/mol. The van der Waals surface area contributed by atoms with E-state index < -0.39 is 0 Å². The van der Waals surface area contributed by atoms with Crippen molar-refractivity contribution < 1.29 is 0 Å². The second-order valence-electron chi connectivity index (χ2n) is 4.67. The minimum Gasteiger partial charge on any atom is -0.399 e. The molecule has 2 nitrogen and oxygen atoms in total. The summed E-state index contributed by atoms with van der Waals surface area (Å²) < 4.78 is 1.12. The molecule has 0 spiro atoms. The summed E-state index contributed by atoms with van der Waals surface area (Å²) in [6.07, 6.45) is 0. The zero-order valence-corrected chi connectivity index (χ0v) is 12.7. The lowest BCUT2D eigenvalue weighted by molar-refractivity contribution is 0.271. The van der Waals surface area contributed by atoms with Crippen molar-refractivity contribution in [2.24, 2.45) is 0 Å². The van der Waals surface area contributed by atoms with Crippen molar-refractivity contribution in [3.63, 3.8) is 0 Å². The number of benzene rings is 2. The zero-order chi connectivity index (χ0) is 13.7. The van der Waals surface area contributed by atoms with Crippen LogP contribution in [-0.2, 0) is 13.1 Å². The number of hydrogen-bond acceptors (Lipinski definition) is 2. The van der Waals surface area contributed by atoms with E-state index in [0.717, 1.165) is 29.8 Å². The van der Waals surface area contributed by atoms with Crippen LogP contribution in [0.25, 0.3) is 0 Å². The standard InChI is InChI=1S/C16H19BrN2/c1-2-19(11-13-6-8-15(17)9-7-13)12-14-4-3-5-16(18)10-14/h3-10H,2,11-12,18H2,1H3. The molecule has 19 heavy (non-hydrogen) atoms. The van der Waals surface area contributed by atoms with Crippen LogP contribution in [0.1, 0.15) is 18.1 Å². The van der Waals surface area contributed by atoms with E-state index in [1.54, 1.807) is 0 Å². The number of nitrogens with two attached hydrogens (primary N) is 1. The van der Waals surface area contributed by atoms with Gasteiger partial charge in [0.15, 0.2) is 0 Å². The largest absolute Gasteiger partial charge is 0.399 e. The molecule has 2 aromatic carbocycles. The van der Waals surface area contributed by atoms with E-state index in [1.165, 1.54) is 11.1 Å². The summed E-state index contributed by atoms with van der Waals surface area (Å²) >= 11 is 3.46. The molecule has 0 bridgehead atoms. The van der Waals surface area contributed by atoms with E-state index in [0.29, 0.717) is 0 Å². The van der Waals surface area contributed by atoms with Crippen molar-refractivity contribution in [3.05, 3.63) is 64.1 Å². The van der Waals surface area contributed by atoms with Gasteiger partial charge in [0.1, 0.15) is 0 Å². The topological polar surface area (TPSA) is 29.3 Å². The summed E-state index contributed by atoms with van der Waals surface area (Å²) in [5, 5.41) is 0. The van der Waals surface area contributed by atoms with Gasteiger partial charge in [-0.15, -0.1) is 0 Å². The molecular weight excluding hydrogens is 300 g/mol. The highest BCUT2D eigenvalue weighted by Gasteiger charge is 2.05. The number of anilines is 1. The third kappa shape index (κ3) is 4.37. The Bertz CT molecular complexity index is 523. The van der Waals surface area contributed by atoms with Crippen molar-refractivity contribution >= 4 is 21.6 Å². The van der Waals surface area contributed by atoms with Crippen LogP contribution in [0.4, 0.5) is 5.69 Å². The molecule has 0 aliphatic carbocycles. The van der Waals surface area contributed by atoms with Crippen molar-refractivity contribution in [2.75, 3.05) is 12.3 Å². The highest BCUT2D eigenvalue weighted by Crippen LogP contribution is 2.15. The second-order valence-corrected chi connectivity index (χ2v) is 5.59. The first kappa shape index (κ1) is 14.1. The molecule has 0 fully saturated rings. The van der Waals surface area contributed by atoms with Gasteiger partial charge in [-0.05, 0) is 41.9 Å². The van der Waals surface area contributed by atoms with E-state index in [2.05, 4.69) is 58.1 Å². The average Bonchev–Trinajstić information content (AvgIpc) is 2.40. The number of halogens is 1. The van der Waals surface area contributed by atoms with Crippen molar-refractivity contribution in [1.82, 2.24) is 4.90 Å². The van der Waals surface area contributed by atoms with E-state index in [1.807, 2.05) is 18.2 Å². The molecule has 0 atom stereocenters. The van der Waals surface area contributed by atoms with Gasteiger partial charge in [0, 0.05) is 23.2 Å². The first-order chi connectivity index (χ1) is 9.17. The summed E-state index contributed by atoms with van der Waals surface area (Å²) in [7, 11) is 0. The summed E-state index contributed by atoms with van der Waals surface area (Å²) in [5.74, 6) is 0. The lowest BCUT2D eigenvalue weighted by atomic mass is 10.1. The van der Waals surface area contributed by atoms with Gasteiger partial charge in [-0.1, -0.05) is 47.1 Å². The smallest absolute Gasteiger partial charge is 0.0317 e. The fourth-order valence-corrected chi connectivity index (χ4v) is 2.34. The number of hydrogen-bond donors (Lipinski definition) is 1. The fourth-order valence-electron chi connectivity index (χ4n) is 2.08. The highest BCUT2D eigenvalue weighted by atomic mass is 79.9. The first-order valence-corrected chi connectivity index (χ1v) is 7.28. The van der Waals surface area contributed by atoms with E-state index in [4.69, 9.17) is 5.73 Å². The van der Waals surface area contributed by atoms with Crippen LogP contribution in [0, 0.1) is 0 Å². The molecule has 0 unspecified atom stereocenters. The molecule has 0 amide bonds. The Balaban J connectivity index is 2.02. The SMILES string of the molecule is CCN(Cc1ccc(Br)cc1)Cc1cccc(N)c1. The Labute approximate surface area is 123 Å². The molecule has 0 aliphatic heterocycles. The summed E-state index contributed by atoms with van der Waals surface area (Å²) in [6.45, 7) is 5.09. The fraction of sp³-hybridized carbons (Fsp3) is 0.250. The minimum absolute atomic E-state index is 0.831. The Kier molecular flexibility index (Phi) is 5.00. The molecule has 0 saturated heterocycles. The summed E-state index contributed by atoms with van der Waals surface area (Å²) in [4.78, 5) is 2.40. The Hall–Kier alpha value is -1.32. The van der Waals surface area contributed by atoms with Gasteiger partial charge >= 0.3 is 0 Å². The molecule has 2 N–H and O–H groups in total. The molecule has 0 aromatic heterocycles. The van der Waals surface area contributed by atoms with Crippen LogP contribution in [0.5, 0.6) is 0 Å². The molecular formula is C16H19BrN2. The molecule has 100 valence electrons. The van der Waals surface area contributed by atoms with Crippen LogP contribution >= 0.6 is 15.9 Å². The molecule has 3 heteroatoms. The van der Waals surface area contributed by atoms with E-state index in [9.17, 15) is 0 Å². The van der Waals surface area contributed by atoms with E-state index >= 15 is 0 Å². The monoisotopic (exact) mass is 318 g/mol. The molecule has 2 aromatic rings. The second kappa shape index (κ2) is 6.73. The van der Waals surface area contributed by atoms with Crippen LogP contribution in [0.15, 0.2) is 53.0 Å². The van der Waals surface area contributed by atoms with Gasteiger partial charge < -0.3 is 5.73 Å². The van der Waals surface area contributed by atoms with Crippen LogP contribution < -0.4 is 5.73 Å². The minimum atomic E-state index is 0.831. The lowest BCUT2D eigenvalue weighted by Gasteiger charge is -2.20.